The molecule has 0 fully saturated rings. The Morgan fingerprint density at radius 1 is 0.760 bits per heavy atom. The summed E-state index contributed by atoms with van der Waals surface area (Å²) in [6, 6.07) is -0.756. The fourth-order valence-corrected chi connectivity index (χ4v) is 2.79. The van der Waals surface area contributed by atoms with E-state index in [1.165, 1.54) is 12.8 Å². The maximum atomic E-state index is 11.7. The molecule has 6 heteroatoms. The van der Waals surface area contributed by atoms with E-state index in [2.05, 4.69) is 5.32 Å². The lowest BCUT2D eigenvalue weighted by molar-refractivity contribution is -0.142. The van der Waals surface area contributed by atoms with E-state index in [-0.39, 0.29) is 12.3 Å². The molecule has 6 nitrogen and oxygen atoms in total. The van der Waals surface area contributed by atoms with Crippen LogP contribution in [-0.4, -0.2) is 34.1 Å². The summed E-state index contributed by atoms with van der Waals surface area (Å²) in [5, 5.41) is 20.1. The highest BCUT2D eigenvalue weighted by Crippen LogP contribution is 2.12. The number of hydrogen-bond donors (Lipinski definition) is 3. The molecule has 0 heterocycles. The zero-order valence-corrected chi connectivity index (χ0v) is 15.6. The third-order valence-electron chi connectivity index (χ3n) is 4.26. The van der Waals surface area contributed by atoms with Gasteiger partial charge in [0.25, 0.3) is 0 Å². The lowest BCUT2D eigenvalue weighted by Gasteiger charge is -2.13. The quantitative estimate of drug-likeness (QED) is 0.340. The Balaban J connectivity index is 3.41. The summed E-state index contributed by atoms with van der Waals surface area (Å²) < 4.78 is 0. The number of rotatable bonds is 17. The maximum Gasteiger partial charge on any atom is 0.326 e. The largest absolute Gasteiger partial charge is 0.481 e. The second-order valence-corrected chi connectivity index (χ2v) is 6.68. The second-order valence-electron chi connectivity index (χ2n) is 6.68. The standard InChI is InChI=1S/C19H35NO5/c1-2-13-16(19(24)25)20-17(21)14-11-9-7-5-3-4-6-8-10-12-15-18(22)23/h16H,2-15H2,1H3,(H,20,21)(H,22,23)(H,24,25)/t16-/m0/s1. The van der Waals surface area contributed by atoms with E-state index in [0.717, 1.165) is 57.8 Å². The summed E-state index contributed by atoms with van der Waals surface area (Å²) in [6.45, 7) is 1.90. The molecule has 0 aromatic heterocycles. The minimum absolute atomic E-state index is 0.165. The normalized spacial score (nSPS) is 11.9. The van der Waals surface area contributed by atoms with Gasteiger partial charge in [-0.1, -0.05) is 64.7 Å². The molecule has 0 rings (SSSR count). The van der Waals surface area contributed by atoms with Gasteiger partial charge >= 0.3 is 11.9 Å². The molecule has 3 N–H and O–H groups in total. The van der Waals surface area contributed by atoms with Gasteiger partial charge < -0.3 is 15.5 Å². The first-order valence-electron chi connectivity index (χ1n) is 9.71. The summed E-state index contributed by atoms with van der Waals surface area (Å²) in [5.74, 6) is -1.84. The van der Waals surface area contributed by atoms with Gasteiger partial charge in [0.15, 0.2) is 0 Å². The Labute approximate surface area is 151 Å². The SMILES string of the molecule is CCC[C@H](NC(=O)CCCCCCCCCCCCC(=O)O)C(=O)O. The van der Waals surface area contributed by atoms with Gasteiger partial charge in [-0.3, -0.25) is 9.59 Å². The van der Waals surface area contributed by atoms with Crippen LogP contribution in [0.1, 0.15) is 96.8 Å². The van der Waals surface area contributed by atoms with Gasteiger partial charge in [0, 0.05) is 12.8 Å². The molecular weight excluding hydrogens is 322 g/mol. The second kappa shape index (κ2) is 15.9. The summed E-state index contributed by atoms with van der Waals surface area (Å²) in [6.07, 6.45) is 12.4. The van der Waals surface area contributed by atoms with Gasteiger partial charge in [0.1, 0.15) is 6.04 Å². The number of carboxylic acids is 2. The highest BCUT2D eigenvalue weighted by Gasteiger charge is 2.18. The van der Waals surface area contributed by atoms with Crippen molar-refractivity contribution in [3.8, 4) is 0 Å². The van der Waals surface area contributed by atoms with Crippen molar-refractivity contribution in [2.75, 3.05) is 0 Å². The molecule has 0 aliphatic heterocycles. The van der Waals surface area contributed by atoms with E-state index >= 15 is 0 Å². The first-order chi connectivity index (χ1) is 12.0. The Morgan fingerprint density at radius 3 is 1.60 bits per heavy atom. The van der Waals surface area contributed by atoms with Crippen LogP contribution in [0.2, 0.25) is 0 Å². The number of hydrogen-bond acceptors (Lipinski definition) is 3. The maximum absolute atomic E-state index is 11.7. The fraction of sp³-hybridized carbons (Fsp3) is 0.842. The molecular formula is C19H35NO5. The first-order valence-corrected chi connectivity index (χ1v) is 9.71. The monoisotopic (exact) mass is 357 g/mol. The number of unbranched alkanes of at least 4 members (excludes halogenated alkanes) is 9. The fourth-order valence-electron chi connectivity index (χ4n) is 2.79. The molecule has 0 aromatic rings. The number of nitrogens with one attached hydrogen (secondary N) is 1. The van der Waals surface area contributed by atoms with Gasteiger partial charge in [-0.15, -0.1) is 0 Å². The number of carbonyl (C=O) groups is 3. The molecule has 1 amide bonds. The lowest BCUT2D eigenvalue weighted by Crippen LogP contribution is -2.40. The number of aliphatic carboxylic acids is 2. The molecule has 0 bridgehead atoms. The van der Waals surface area contributed by atoms with Crippen LogP contribution in [0.4, 0.5) is 0 Å². The molecule has 0 aromatic carbocycles. The van der Waals surface area contributed by atoms with Gasteiger partial charge in [-0.05, 0) is 19.3 Å². The van der Waals surface area contributed by atoms with Crippen molar-refractivity contribution in [1.29, 1.82) is 0 Å². The van der Waals surface area contributed by atoms with Crippen molar-refractivity contribution in [2.24, 2.45) is 0 Å². The topological polar surface area (TPSA) is 104 Å². The smallest absolute Gasteiger partial charge is 0.326 e. The summed E-state index contributed by atoms with van der Waals surface area (Å²) >= 11 is 0. The average molecular weight is 357 g/mol. The Bertz CT molecular complexity index is 384. The predicted octanol–water partition coefficient (Wildman–Crippen LogP) is 4.12. The Morgan fingerprint density at radius 2 is 1.20 bits per heavy atom. The average Bonchev–Trinajstić information content (AvgIpc) is 2.55. The van der Waals surface area contributed by atoms with Crippen molar-refractivity contribution in [3.05, 3.63) is 0 Å². The number of carbonyl (C=O) groups excluding carboxylic acids is 1. The van der Waals surface area contributed by atoms with E-state index in [1.54, 1.807) is 0 Å². The highest BCUT2D eigenvalue weighted by atomic mass is 16.4. The number of amides is 1. The third kappa shape index (κ3) is 15.7. The van der Waals surface area contributed by atoms with E-state index < -0.39 is 18.0 Å². The van der Waals surface area contributed by atoms with Crippen molar-refractivity contribution in [1.82, 2.24) is 5.32 Å². The molecule has 0 spiro atoms. The predicted molar refractivity (Wildman–Crippen MR) is 97.5 cm³/mol. The molecule has 0 aliphatic carbocycles. The Kier molecular flexibility index (Phi) is 14.9. The molecule has 25 heavy (non-hydrogen) atoms. The Hall–Kier alpha value is -1.59. The van der Waals surface area contributed by atoms with Crippen molar-refractivity contribution in [3.63, 3.8) is 0 Å². The van der Waals surface area contributed by atoms with Gasteiger partial charge in [-0.2, -0.15) is 0 Å². The van der Waals surface area contributed by atoms with Gasteiger partial charge in [-0.25, -0.2) is 4.79 Å². The van der Waals surface area contributed by atoms with Crippen LogP contribution in [-0.2, 0) is 14.4 Å². The molecule has 0 unspecified atom stereocenters. The molecule has 0 saturated heterocycles. The van der Waals surface area contributed by atoms with Crippen LogP contribution in [0.25, 0.3) is 0 Å². The molecule has 0 aliphatic rings. The van der Waals surface area contributed by atoms with Crippen LogP contribution in [0.5, 0.6) is 0 Å². The van der Waals surface area contributed by atoms with Crippen molar-refractivity contribution < 1.29 is 24.6 Å². The van der Waals surface area contributed by atoms with E-state index in [0.29, 0.717) is 12.8 Å². The van der Waals surface area contributed by atoms with Crippen LogP contribution in [0.15, 0.2) is 0 Å². The van der Waals surface area contributed by atoms with Crippen molar-refractivity contribution >= 4 is 17.8 Å². The molecule has 0 radical (unpaired) electrons. The van der Waals surface area contributed by atoms with E-state index in [4.69, 9.17) is 10.2 Å². The zero-order valence-electron chi connectivity index (χ0n) is 15.6. The zero-order chi connectivity index (χ0) is 18.9. The minimum Gasteiger partial charge on any atom is -0.481 e. The first kappa shape index (κ1) is 23.4. The van der Waals surface area contributed by atoms with Gasteiger partial charge in [0.05, 0.1) is 0 Å². The summed E-state index contributed by atoms with van der Waals surface area (Å²) in [4.78, 5) is 33.1. The lowest BCUT2D eigenvalue weighted by atomic mass is 10.0. The van der Waals surface area contributed by atoms with Crippen LogP contribution in [0, 0.1) is 0 Å². The number of carboxylic acid groups (broad SMARTS) is 2. The highest BCUT2D eigenvalue weighted by molar-refractivity contribution is 5.83. The third-order valence-corrected chi connectivity index (χ3v) is 4.26. The van der Waals surface area contributed by atoms with E-state index in [9.17, 15) is 14.4 Å². The molecule has 0 saturated carbocycles. The molecule has 1 atom stereocenters. The summed E-state index contributed by atoms with van der Waals surface area (Å²) in [7, 11) is 0. The van der Waals surface area contributed by atoms with Gasteiger partial charge in [0.2, 0.25) is 5.91 Å². The summed E-state index contributed by atoms with van der Waals surface area (Å²) in [5.41, 5.74) is 0. The van der Waals surface area contributed by atoms with E-state index in [1.807, 2.05) is 6.92 Å². The van der Waals surface area contributed by atoms with Crippen LogP contribution in [0.3, 0.4) is 0 Å². The van der Waals surface area contributed by atoms with Crippen molar-refractivity contribution in [2.45, 2.75) is 103 Å². The molecule has 146 valence electrons. The van der Waals surface area contributed by atoms with Crippen LogP contribution < -0.4 is 5.32 Å². The van der Waals surface area contributed by atoms with Crippen LogP contribution >= 0.6 is 0 Å². The minimum atomic E-state index is -0.960.